The number of nitrogens with two attached hydrogens (primary N) is 1. The lowest BCUT2D eigenvalue weighted by atomic mass is 10.0. The molecule has 18 heavy (non-hydrogen) atoms. The predicted octanol–water partition coefficient (Wildman–Crippen LogP) is 2.66. The van der Waals surface area contributed by atoms with Gasteiger partial charge < -0.3 is 0 Å². The van der Waals surface area contributed by atoms with Crippen molar-refractivity contribution in [1.29, 1.82) is 0 Å². The van der Waals surface area contributed by atoms with Crippen LogP contribution >= 0.6 is 0 Å². The van der Waals surface area contributed by atoms with Gasteiger partial charge in [0.15, 0.2) is 0 Å². The Labute approximate surface area is 111 Å². The highest BCUT2D eigenvalue weighted by atomic mass is 15.3. The molecule has 0 saturated heterocycles. The molecule has 1 aromatic heterocycles. The van der Waals surface area contributed by atoms with Crippen LogP contribution in [0.2, 0.25) is 0 Å². The minimum absolute atomic E-state index is 0.327. The van der Waals surface area contributed by atoms with Crippen molar-refractivity contribution in [3.8, 4) is 0 Å². The molecule has 0 aliphatic rings. The molecule has 0 aliphatic carbocycles. The Balaban J connectivity index is 2.51. The van der Waals surface area contributed by atoms with Gasteiger partial charge in [-0.3, -0.25) is 16.0 Å². The summed E-state index contributed by atoms with van der Waals surface area (Å²) in [5, 5.41) is 4.62. The molecular weight excluding hydrogens is 224 g/mol. The topological polar surface area (TPSA) is 55.9 Å². The zero-order valence-corrected chi connectivity index (χ0v) is 12.2. The molecule has 3 N–H and O–H groups in total. The van der Waals surface area contributed by atoms with Crippen molar-refractivity contribution in [2.75, 3.05) is 0 Å². The van der Waals surface area contributed by atoms with Crippen molar-refractivity contribution in [3.05, 3.63) is 18.0 Å². The number of hydrazine groups is 1. The molecule has 1 rings (SSSR count). The number of nitrogens with zero attached hydrogens (tertiary/aromatic N) is 2. The fourth-order valence-electron chi connectivity index (χ4n) is 1.95. The molecule has 0 fully saturated rings. The average Bonchev–Trinajstić information content (AvgIpc) is 2.81. The summed E-state index contributed by atoms with van der Waals surface area (Å²) in [4.78, 5) is 0. The predicted molar refractivity (Wildman–Crippen MR) is 76.1 cm³/mol. The Morgan fingerprint density at radius 2 is 2.06 bits per heavy atom. The molecule has 1 heterocycles. The van der Waals surface area contributed by atoms with Gasteiger partial charge in [-0.25, -0.2) is 0 Å². The first-order valence-corrected chi connectivity index (χ1v) is 7.07. The fourth-order valence-corrected chi connectivity index (χ4v) is 1.95. The minimum atomic E-state index is 0.327. The molecule has 4 heteroatoms. The Morgan fingerprint density at radius 3 is 2.61 bits per heavy atom. The van der Waals surface area contributed by atoms with Crippen molar-refractivity contribution < 1.29 is 0 Å². The first-order chi connectivity index (χ1) is 8.56. The summed E-state index contributed by atoms with van der Waals surface area (Å²) in [5.74, 6) is 6.34. The standard InChI is InChI=1S/C14H28N4/c1-5-12(4)18-9-8-14(17-18)10-13(16-15)7-6-11(2)3/h8-9,11-13,16H,5-7,10,15H2,1-4H3. The molecule has 2 atom stereocenters. The lowest BCUT2D eigenvalue weighted by Crippen LogP contribution is -2.37. The van der Waals surface area contributed by atoms with Gasteiger partial charge in [0.25, 0.3) is 0 Å². The van der Waals surface area contributed by atoms with E-state index >= 15 is 0 Å². The highest BCUT2D eigenvalue weighted by Gasteiger charge is 2.11. The highest BCUT2D eigenvalue weighted by Crippen LogP contribution is 2.13. The van der Waals surface area contributed by atoms with E-state index in [-0.39, 0.29) is 0 Å². The van der Waals surface area contributed by atoms with Crippen LogP contribution in [0.4, 0.5) is 0 Å². The SMILES string of the molecule is CCC(C)n1ccc(CC(CCC(C)C)NN)n1. The first kappa shape index (κ1) is 15.2. The molecule has 4 nitrogen and oxygen atoms in total. The maximum Gasteiger partial charge on any atom is 0.0640 e. The van der Waals surface area contributed by atoms with Gasteiger partial charge >= 0.3 is 0 Å². The van der Waals surface area contributed by atoms with Gasteiger partial charge in [0, 0.05) is 24.7 Å². The Bertz CT molecular complexity index is 332. The molecule has 2 unspecified atom stereocenters. The average molecular weight is 252 g/mol. The number of rotatable bonds is 8. The molecule has 0 aliphatic heterocycles. The van der Waals surface area contributed by atoms with Crippen LogP contribution in [0.25, 0.3) is 0 Å². The van der Waals surface area contributed by atoms with Crippen LogP contribution in [0.3, 0.4) is 0 Å². The van der Waals surface area contributed by atoms with Gasteiger partial charge in [-0.15, -0.1) is 0 Å². The van der Waals surface area contributed by atoms with Crippen LogP contribution < -0.4 is 11.3 Å². The Morgan fingerprint density at radius 1 is 1.33 bits per heavy atom. The largest absolute Gasteiger partial charge is 0.271 e. The van der Waals surface area contributed by atoms with Gasteiger partial charge in [0.1, 0.15) is 0 Å². The molecule has 0 saturated carbocycles. The molecule has 0 spiro atoms. The summed E-state index contributed by atoms with van der Waals surface area (Å²) < 4.78 is 2.05. The maximum atomic E-state index is 5.62. The van der Waals surface area contributed by atoms with Crippen LogP contribution in [0.5, 0.6) is 0 Å². The molecule has 104 valence electrons. The summed E-state index contributed by atoms with van der Waals surface area (Å²) in [5.41, 5.74) is 4.04. The fraction of sp³-hybridized carbons (Fsp3) is 0.786. The maximum absolute atomic E-state index is 5.62. The smallest absolute Gasteiger partial charge is 0.0640 e. The zero-order valence-electron chi connectivity index (χ0n) is 12.2. The van der Waals surface area contributed by atoms with Crippen LogP contribution in [0, 0.1) is 5.92 Å². The molecule has 0 bridgehead atoms. The van der Waals surface area contributed by atoms with Crippen molar-refractivity contribution in [3.63, 3.8) is 0 Å². The van der Waals surface area contributed by atoms with E-state index in [9.17, 15) is 0 Å². The summed E-state index contributed by atoms with van der Waals surface area (Å²) in [6.07, 6.45) is 6.38. The first-order valence-electron chi connectivity index (χ1n) is 7.07. The van der Waals surface area contributed by atoms with E-state index in [0.29, 0.717) is 12.1 Å². The van der Waals surface area contributed by atoms with E-state index in [4.69, 9.17) is 5.84 Å². The van der Waals surface area contributed by atoms with E-state index in [0.717, 1.165) is 30.9 Å². The number of hydrogen-bond donors (Lipinski definition) is 2. The van der Waals surface area contributed by atoms with Crippen LogP contribution in [0.1, 0.15) is 58.7 Å². The second kappa shape index (κ2) is 7.54. The van der Waals surface area contributed by atoms with Crippen molar-refractivity contribution >= 4 is 0 Å². The van der Waals surface area contributed by atoms with Gasteiger partial charge in [-0.1, -0.05) is 20.8 Å². The van der Waals surface area contributed by atoms with Gasteiger partial charge in [-0.2, -0.15) is 5.10 Å². The van der Waals surface area contributed by atoms with E-state index in [1.807, 2.05) is 4.68 Å². The van der Waals surface area contributed by atoms with Crippen molar-refractivity contribution in [1.82, 2.24) is 15.2 Å². The Hall–Kier alpha value is -0.870. The highest BCUT2D eigenvalue weighted by molar-refractivity contribution is 5.02. The van der Waals surface area contributed by atoms with Crippen molar-refractivity contribution in [2.45, 2.75) is 65.5 Å². The van der Waals surface area contributed by atoms with Crippen LogP contribution in [-0.2, 0) is 6.42 Å². The second-order valence-corrected chi connectivity index (χ2v) is 5.58. The summed E-state index contributed by atoms with van der Waals surface area (Å²) in [6.45, 7) is 8.85. The lowest BCUT2D eigenvalue weighted by Gasteiger charge is -2.16. The van der Waals surface area contributed by atoms with Gasteiger partial charge in [0.2, 0.25) is 0 Å². The van der Waals surface area contributed by atoms with Gasteiger partial charge in [-0.05, 0) is 38.2 Å². The monoisotopic (exact) mass is 252 g/mol. The van der Waals surface area contributed by atoms with E-state index in [1.54, 1.807) is 0 Å². The third-order valence-corrected chi connectivity index (χ3v) is 3.49. The normalized spacial score (nSPS) is 15.0. The summed E-state index contributed by atoms with van der Waals surface area (Å²) in [6, 6.07) is 2.90. The van der Waals surface area contributed by atoms with Crippen LogP contribution in [0.15, 0.2) is 12.3 Å². The number of aromatic nitrogens is 2. The molecule has 1 aromatic rings. The second-order valence-electron chi connectivity index (χ2n) is 5.58. The quantitative estimate of drug-likeness (QED) is 0.552. The summed E-state index contributed by atoms with van der Waals surface area (Å²) in [7, 11) is 0. The summed E-state index contributed by atoms with van der Waals surface area (Å²) >= 11 is 0. The lowest BCUT2D eigenvalue weighted by molar-refractivity contribution is 0.425. The third-order valence-electron chi connectivity index (χ3n) is 3.49. The molecule has 0 radical (unpaired) electrons. The zero-order chi connectivity index (χ0) is 13.5. The molecular formula is C14H28N4. The Kier molecular flexibility index (Phi) is 6.36. The number of hydrogen-bond acceptors (Lipinski definition) is 3. The van der Waals surface area contributed by atoms with Gasteiger partial charge in [0.05, 0.1) is 5.69 Å². The van der Waals surface area contributed by atoms with Crippen molar-refractivity contribution in [2.24, 2.45) is 11.8 Å². The molecule has 0 amide bonds. The van der Waals surface area contributed by atoms with E-state index < -0.39 is 0 Å². The third kappa shape index (κ3) is 4.78. The van der Waals surface area contributed by atoms with E-state index in [1.165, 1.54) is 6.42 Å². The van der Waals surface area contributed by atoms with Crippen LogP contribution in [-0.4, -0.2) is 15.8 Å². The molecule has 0 aromatic carbocycles. The number of nitrogens with one attached hydrogen (secondary N) is 1. The minimum Gasteiger partial charge on any atom is -0.271 e. The van der Waals surface area contributed by atoms with E-state index in [2.05, 4.69) is 50.5 Å².